The van der Waals surface area contributed by atoms with Crippen LogP contribution in [0.2, 0.25) is 0 Å². The molecule has 2 aromatic heterocycles. The van der Waals surface area contributed by atoms with E-state index >= 15 is 0 Å². The van der Waals surface area contributed by atoms with Crippen molar-refractivity contribution in [3.05, 3.63) is 46.0 Å². The molecule has 0 unspecified atom stereocenters. The molecule has 0 aliphatic carbocycles. The highest BCUT2D eigenvalue weighted by Crippen LogP contribution is 2.07. The summed E-state index contributed by atoms with van der Waals surface area (Å²) in [5, 5.41) is 0. The number of hydrogen-bond donors (Lipinski definition) is 0. The van der Waals surface area contributed by atoms with Crippen LogP contribution in [-0.4, -0.2) is 15.4 Å². The van der Waals surface area contributed by atoms with Crippen LogP contribution in [0.5, 0.6) is 0 Å². The van der Waals surface area contributed by atoms with Crippen LogP contribution in [0.15, 0.2) is 29.2 Å². The minimum atomic E-state index is -0.299. The van der Waals surface area contributed by atoms with Crippen molar-refractivity contribution in [2.45, 2.75) is 27.4 Å². The molecule has 0 spiro atoms. The maximum atomic E-state index is 11.9. The van der Waals surface area contributed by atoms with Gasteiger partial charge in [0.2, 0.25) is 0 Å². The minimum Gasteiger partial charge on any atom is -0.459 e. The van der Waals surface area contributed by atoms with Gasteiger partial charge in [0, 0.05) is 12.3 Å². The van der Waals surface area contributed by atoms with Gasteiger partial charge in [-0.15, -0.1) is 0 Å². The summed E-state index contributed by atoms with van der Waals surface area (Å²) in [4.78, 5) is 27.7. The fourth-order valence-electron chi connectivity index (χ4n) is 1.69. The average Bonchev–Trinajstić information content (AvgIpc) is 2.37. The highest BCUT2D eigenvalue weighted by molar-refractivity contribution is 5.71. The largest absolute Gasteiger partial charge is 0.459 e. The number of esters is 1. The van der Waals surface area contributed by atoms with Crippen molar-refractivity contribution >= 4 is 11.6 Å². The van der Waals surface area contributed by atoms with Crippen LogP contribution in [0.1, 0.15) is 25.1 Å². The summed E-state index contributed by atoms with van der Waals surface area (Å²) in [7, 11) is 0. The van der Waals surface area contributed by atoms with Gasteiger partial charge in [-0.25, -0.2) is 4.98 Å². The Hall–Kier alpha value is -2.17. The van der Waals surface area contributed by atoms with Crippen LogP contribution in [0, 0.1) is 12.8 Å². The number of rotatable bonds is 3. The third-order valence-electron chi connectivity index (χ3n) is 2.77. The summed E-state index contributed by atoms with van der Waals surface area (Å²) in [6.07, 6.45) is 1.67. The number of nitrogens with zero attached hydrogens (tertiary/aromatic N) is 2. The SMILES string of the molecule is Cc1cccn2c(=O)cc(COC(=O)C(C)C)nc12. The topological polar surface area (TPSA) is 60.7 Å². The molecule has 5 heteroatoms. The predicted molar refractivity (Wildman–Crippen MR) is 70.8 cm³/mol. The Balaban J connectivity index is 2.33. The smallest absolute Gasteiger partial charge is 0.308 e. The fourth-order valence-corrected chi connectivity index (χ4v) is 1.69. The molecule has 5 nitrogen and oxygen atoms in total. The van der Waals surface area contributed by atoms with E-state index < -0.39 is 0 Å². The number of carbonyl (C=O) groups excluding carboxylic acids is 1. The Morgan fingerprint density at radius 3 is 2.89 bits per heavy atom. The third kappa shape index (κ3) is 2.81. The van der Waals surface area contributed by atoms with Crippen LogP contribution in [0.25, 0.3) is 5.65 Å². The molecule has 0 radical (unpaired) electrons. The van der Waals surface area contributed by atoms with Crippen LogP contribution in [-0.2, 0) is 16.1 Å². The summed E-state index contributed by atoms with van der Waals surface area (Å²) in [6.45, 7) is 5.42. The molecule has 0 aromatic carbocycles. The number of hydrogen-bond acceptors (Lipinski definition) is 4. The second-order valence-electron chi connectivity index (χ2n) is 4.73. The lowest BCUT2D eigenvalue weighted by atomic mass is 10.2. The van der Waals surface area contributed by atoms with Crippen LogP contribution < -0.4 is 5.56 Å². The first-order valence-electron chi connectivity index (χ1n) is 6.13. The Morgan fingerprint density at radius 2 is 2.21 bits per heavy atom. The summed E-state index contributed by atoms with van der Waals surface area (Å²) in [5.74, 6) is -0.491. The Morgan fingerprint density at radius 1 is 1.47 bits per heavy atom. The predicted octanol–water partition coefficient (Wildman–Crippen LogP) is 1.70. The zero-order valence-corrected chi connectivity index (χ0v) is 11.2. The highest BCUT2D eigenvalue weighted by Gasteiger charge is 2.10. The van der Waals surface area contributed by atoms with Gasteiger partial charge in [0.1, 0.15) is 12.3 Å². The zero-order chi connectivity index (χ0) is 14.0. The van der Waals surface area contributed by atoms with E-state index in [9.17, 15) is 9.59 Å². The van der Waals surface area contributed by atoms with Gasteiger partial charge in [-0.05, 0) is 18.6 Å². The van der Waals surface area contributed by atoms with Crippen molar-refractivity contribution in [3.63, 3.8) is 0 Å². The molecular weight excluding hydrogens is 244 g/mol. The molecule has 0 N–H and O–H groups in total. The van der Waals surface area contributed by atoms with Gasteiger partial charge < -0.3 is 4.74 Å². The lowest BCUT2D eigenvalue weighted by molar-refractivity contribution is -0.148. The molecule has 0 saturated heterocycles. The van der Waals surface area contributed by atoms with Crippen molar-refractivity contribution in [3.8, 4) is 0 Å². The molecule has 100 valence electrons. The van der Waals surface area contributed by atoms with E-state index in [1.54, 1.807) is 26.1 Å². The first-order chi connectivity index (χ1) is 8.99. The molecular formula is C14H16N2O3. The molecule has 2 aromatic rings. The van der Waals surface area contributed by atoms with Gasteiger partial charge in [0.15, 0.2) is 0 Å². The van der Waals surface area contributed by atoms with Crippen molar-refractivity contribution in [2.75, 3.05) is 0 Å². The van der Waals surface area contributed by atoms with Crippen molar-refractivity contribution < 1.29 is 9.53 Å². The highest BCUT2D eigenvalue weighted by atomic mass is 16.5. The number of carbonyl (C=O) groups is 1. The third-order valence-corrected chi connectivity index (χ3v) is 2.77. The molecule has 2 heterocycles. The van der Waals surface area contributed by atoms with Gasteiger partial charge >= 0.3 is 5.97 Å². The molecule has 0 atom stereocenters. The van der Waals surface area contributed by atoms with Crippen LogP contribution in [0.4, 0.5) is 0 Å². The standard InChI is InChI=1S/C14H16N2O3/c1-9(2)14(18)19-8-11-7-12(17)16-6-4-5-10(3)13(16)15-11/h4-7,9H,8H2,1-3H3. The molecule has 0 aliphatic rings. The lowest BCUT2D eigenvalue weighted by Gasteiger charge is -2.08. The number of fused-ring (bicyclic) bond motifs is 1. The first kappa shape index (κ1) is 13.3. The van der Waals surface area contributed by atoms with E-state index in [1.807, 2.05) is 13.0 Å². The van der Waals surface area contributed by atoms with Gasteiger partial charge in [-0.2, -0.15) is 0 Å². The van der Waals surface area contributed by atoms with E-state index in [-0.39, 0.29) is 24.1 Å². The van der Waals surface area contributed by atoms with E-state index in [4.69, 9.17) is 4.74 Å². The Bertz CT molecular complexity index is 674. The fraction of sp³-hybridized carbons (Fsp3) is 0.357. The zero-order valence-electron chi connectivity index (χ0n) is 11.2. The van der Waals surface area contributed by atoms with Crippen LogP contribution in [0.3, 0.4) is 0 Å². The molecule has 0 amide bonds. The molecule has 19 heavy (non-hydrogen) atoms. The normalized spacial score (nSPS) is 10.9. The quantitative estimate of drug-likeness (QED) is 0.788. The number of aromatic nitrogens is 2. The minimum absolute atomic E-state index is 0.0249. The maximum absolute atomic E-state index is 11.9. The summed E-state index contributed by atoms with van der Waals surface area (Å²) >= 11 is 0. The van der Waals surface area contributed by atoms with E-state index in [1.165, 1.54) is 10.5 Å². The summed E-state index contributed by atoms with van der Waals surface area (Å²) in [6, 6.07) is 5.07. The van der Waals surface area contributed by atoms with Gasteiger partial charge in [0.25, 0.3) is 5.56 Å². The molecule has 0 aliphatic heterocycles. The summed E-state index contributed by atoms with van der Waals surface area (Å²) in [5.41, 5.74) is 1.78. The number of pyridine rings is 1. The molecule has 0 bridgehead atoms. The Labute approximate surface area is 110 Å². The average molecular weight is 260 g/mol. The van der Waals surface area contributed by atoms with Crippen LogP contribution >= 0.6 is 0 Å². The summed E-state index contributed by atoms with van der Waals surface area (Å²) < 4.78 is 6.56. The monoisotopic (exact) mass is 260 g/mol. The van der Waals surface area contributed by atoms with Gasteiger partial charge in [0.05, 0.1) is 11.6 Å². The van der Waals surface area contributed by atoms with Gasteiger partial charge in [-0.1, -0.05) is 19.9 Å². The first-order valence-corrected chi connectivity index (χ1v) is 6.13. The van der Waals surface area contributed by atoms with Crippen molar-refractivity contribution in [1.29, 1.82) is 0 Å². The van der Waals surface area contributed by atoms with E-state index in [2.05, 4.69) is 4.98 Å². The van der Waals surface area contributed by atoms with Gasteiger partial charge in [-0.3, -0.25) is 14.0 Å². The maximum Gasteiger partial charge on any atom is 0.308 e. The van der Waals surface area contributed by atoms with E-state index in [0.29, 0.717) is 11.3 Å². The molecule has 0 saturated carbocycles. The second kappa shape index (κ2) is 5.22. The number of aryl methyl sites for hydroxylation is 1. The number of ether oxygens (including phenoxy) is 1. The molecule has 2 rings (SSSR count). The van der Waals surface area contributed by atoms with Crippen molar-refractivity contribution in [2.24, 2.45) is 5.92 Å². The Kier molecular flexibility index (Phi) is 3.64. The second-order valence-corrected chi connectivity index (χ2v) is 4.73. The molecule has 0 fully saturated rings. The van der Waals surface area contributed by atoms with E-state index in [0.717, 1.165) is 5.56 Å². The van der Waals surface area contributed by atoms with Crippen molar-refractivity contribution in [1.82, 2.24) is 9.38 Å². The lowest BCUT2D eigenvalue weighted by Crippen LogP contribution is -2.18.